The van der Waals surface area contributed by atoms with Crippen LogP contribution in [0, 0.1) is 17.2 Å². The van der Waals surface area contributed by atoms with Crippen molar-refractivity contribution in [2.24, 2.45) is 11.7 Å². The highest BCUT2D eigenvalue weighted by atomic mass is 16.1. The number of hydrogen-bond donors (Lipinski definition) is 1. The van der Waals surface area contributed by atoms with Crippen molar-refractivity contribution in [2.75, 3.05) is 6.54 Å². The summed E-state index contributed by atoms with van der Waals surface area (Å²) in [6, 6.07) is 10.2. The molecule has 19 heavy (non-hydrogen) atoms. The number of hydrogen-bond acceptors (Lipinski definition) is 3. The number of primary amides is 1. The first-order chi connectivity index (χ1) is 9.10. The van der Waals surface area contributed by atoms with E-state index in [0.29, 0.717) is 18.2 Å². The first-order valence-electron chi connectivity index (χ1n) is 6.62. The zero-order valence-corrected chi connectivity index (χ0v) is 11.2. The van der Waals surface area contributed by atoms with Crippen LogP contribution in [-0.4, -0.2) is 23.4 Å². The van der Waals surface area contributed by atoms with E-state index in [1.165, 1.54) is 0 Å². The lowest BCUT2D eigenvalue weighted by Crippen LogP contribution is -2.45. The van der Waals surface area contributed by atoms with E-state index < -0.39 is 0 Å². The number of benzene rings is 1. The second kappa shape index (κ2) is 5.85. The van der Waals surface area contributed by atoms with E-state index in [1.54, 1.807) is 6.07 Å². The van der Waals surface area contributed by atoms with Gasteiger partial charge in [0.25, 0.3) is 0 Å². The Bertz CT molecular complexity index is 506. The number of carbonyl (C=O) groups is 1. The van der Waals surface area contributed by atoms with E-state index in [-0.39, 0.29) is 11.8 Å². The Hall–Kier alpha value is -1.86. The fraction of sp³-hybridized carbons (Fsp3) is 0.467. The molecule has 1 aliphatic heterocycles. The molecule has 1 aliphatic rings. The molecule has 0 bridgehead atoms. The summed E-state index contributed by atoms with van der Waals surface area (Å²) in [5.41, 5.74) is 7.19. The topological polar surface area (TPSA) is 70.1 Å². The summed E-state index contributed by atoms with van der Waals surface area (Å²) in [6.45, 7) is 3.65. The molecule has 1 amide bonds. The van der Waals surface area contributed by atoms with Crippen molar-refractivity contribution >= 4 is 5.91 Å². The summed E-state index contributed by atoms with van der Waals surface area (Å²) in [7, 11) is 0. The Labute approximate surface area is 113 Å². The average Bonchev–Trinajstić information content (AvgIpc) is 2.41. The van der Waals surface area contributed by atoms with Gasteiger partial charge < -0.3 is 5.73 Å². The van der Waals surface area contributed by atoms with Gasteiger partial charge in [-0.15, -0.1) is 0 Å². The molecule has 1 heterocycles. The molecule has 2 rings (SSSR count). The Kier molecular flexibility index (Phi) is 4.18. The van der Waals surface area contributed by atoms with E-state index in [9.17, 15) is 4.79 Å². The van der Waals surface area contributed by atoms with Crippen LogP contribution in [0.1, 0.15) is 30.9 Å². The van der Waals surface area contributed by atoms with Crippen LogP contribution in [0.4, 0.5) is 0 Å². The first kappa shape index (κ1) is 13.6. The number of piperidine rings is 1. The van der Waals surface area contributed by atoms with Crippen molar-refractivity contribution in [3.63, 3.8) is 0 Å². The number of nitrogens with two attached hydrogens (primary N) is 1. The number of likely N-dealkylation sites (tertiary alicyclic amines) is 1. The minimum atomic E-state index is -0.206. The van der Waals surface area contributed by atoms with Gasteiger partial charge in [0.1, 0.15) is 0 Å². The Balaban J connectivity index is 2.07. The van der Waals surface area contributed by atoms with E-state index in [1.807, 2.05) is 18.2 Å². The summed E-state index contributed by atoms with van der Waals surface area (Å²) >= 11 is 0. The Morgan fingerprint density at radius 3 is 3.00 bits per heavy atom. The molecule has 0 radical (unpaired) electrons. The maximum absolute atomic E-state index is 11.3. The van der Waals surface area contributed by atoms with E-state index >= 15 is 0 Å². The van der Waals surface area contributed by atoms with Crippen LogP contribution in [-0.2, 0) is 11.3 Å². The van der Waals surface area contributed by atoms with Crippen molar-refractivity contribution in [1.82, 2.24) is 4.90 Å². The monoisotopic (exact) mass is 257 g/mol. The molecule has 1 aromatic carbocycles. The fourth-order valence-corrected chi connectivity index (χ4v) is 2.61. The second-order valence-electron chi connectivity index (χ2n) is 5.27. The second-order valence-corrected chi connectivity index (χ2v) is 5.27. The minimum absolute atomic E-state index is 0.0460. The molecule has 4 nitrogen and oxygen atoms in total. The van der Waals surface area contributed by atoms with Crippen LogP contribution in [0.2, 0.25) is 0 Å². The van der Waals surface area contributed by atoms with Gasteiger partial charge in [-0.1, -0.05) is 12.1 Å². The third-order valence-corrected chi connectivity index (χ3v) is 3.86. The molecule has 0 aliphatic carbocycles. The van der Waals surface area contributed by atoms with Crippen LogP contribution in [0.5, 0.6) is 0 Å². The molecule has 2 atom stereocenters. The molecular weight excluding hydrogens is 238 g/mol. The molecule has 1 aromatic rings. The maximum atomic E-state index is 11.3. The number of amides is 1. The number of carbonyl (C=O) groups excluding carboxylic acids is 1. The highest BCUT2D eigenvalue weighted by Crippen LogP contribution is 2.23. The van der Waals surface area contributed by atoms with Crippen molar-refractivity contribution in [2.45, 2.75) is 32.4 Å². The lowest BCUT2D eigenvalue weighted by atomic mass is 9.92. The third-order valence-electron chi connectivity index (χ3n) is 3.86. The molecule has 1 fully saturated rings. The fourth-order valence-electron chi connectivity index (χ4n) is 2.61. The predicted molar refractivity (Wildman–Crippen MR) is 72.9 cm³/mol. The van der Waals surface area contributed by atoms with Gasteiger partial charge in [-0.25, -0.2) is 0 Å². The van der Waals surface area contributed by atoms with Gasteiger partial charge in [-0.2, -0.15) is 5.26 Å². The van der Waals surface area contributed by atoms with Gasteiger partial charge >= 0.3 is 0 Å². The summed E-state index contributed by atoms with van der Waals surface area (Å²) < 4.78 is 0. The smallest absolute Gasteiger partial charge is 0.221 e. The number of nitriles is 1. The van der Waals surface area contributed by atoms with Crippen molar-refractivity contribution < 1.29 is 4.79 Å². The van der Waals surface area contributed by atoms with Crippen molar-refractivity contribution in [3.05, 3.63) is 35.4 Å². The van der Waals surface area contributed by atoms with Crippen molar-refractivity contribution in [1.29, 1.82) is 5.26 Å². The molecular formula is C15H19N3O. The number of nitrogens with zero attached hydrogens (tertiary/aromatic N) is 2. The molecule has 1 saturated heterocycles. The standard InChI is InChI=1S/C15H19N3O/c1-11-5-6-14(15(17)19)10-18(11)9-13-4-2-3-12(7-13)8-16/h2-4,7,11,14H,5-6,9-10H2,1H3,(H2,17,19). The summed E-state index contributed by atoms with van der Waals surface area (Å²) in [6.07, 6.45) is 1.87. The Morgan fingerprint density at radius 2 is 2.32 bits per heavy atom. The molecule has 0 saturated carbocycles. The highest BCUT2D eigenvalue weighted by molar-refractivity contribution is 5.76. The van der Waals surface area contributed by atoms with Gasteiger partial charge in [0, 0.05) is 19.1 Å². The lowest BCUT2D eigenvalue weighted by Gasteiger charge is -2.36. The van der Waals surface area contributed by atoms with Gasteiger partial charge in [-0.05, 0) is 37.5 Å². The molecule has 2 unspecified atom stereocenters. The van der Waals surface area contributed by atoms with Gasteiger partial charge in [-0.3, -0.25) is 9.69 Å². The zero-order chi connectivity index (χ0) is 13.8. The average molecular weight is 257 g/mol. The number of rotatable bonds is 3. The molecule has 0 spiro atoms. The van der Waals surface area contributed by atoms with Crippen LogP contribution >= 0.6 is 0 Å². The van der Waals surface area contributed by atoms with Gasteiger partial charge in [0.2, 0.25) is 5.91 Å². The lowest BCUT2D eigenvalue weighted by molar-refractivity contribution is -0.124. The summed E-state index contributed by atoms with van der Waals surface area (Å²) in [5.74, 6) is -0.252. The van der Waals surface area contributed by atoms with Gasteiger partial charge in [0.15, 0.2) is 0 Å². The predicted octanol–water partition coefficient (Wildman–Crippen LogP) is 1.64. The van der Waals surface area contributed by atoms with Crippen LogP contribution in [0.15, 0.2) is 24.3 Å². The first-order valence-corrected chi connectivity index (χ1v) is 6.62. The Morgan fingerprint density at radius 1 is 1.53 bits per heavy atom. The van der Waals surface area contributed by atoms with Gasteiger partial charge in [0.05, 0.1) is 17.6 Å². The molecule has 100 valence electrons. The van der Waals surface area contributed by atoms with Crippen LogP contribution in [0.25, 0.3) is 0 Å². The van der Waals surface area contributed by atoms with E-state index in [0.717, 1.165) is 24.9 Å². The summed E-state index contributed by atoms with van der Waals surface area (Å²) in [4.78, 5) is 13.6. The molecule has 0 aromatic heterocycles. The maximum Gasteiger partial charge on any atom is 0.221 e. The SMILES string of the molecule is CC1CCC(C(N)=O)CN1Cc1cccc(C#N)c1. The summed E-state index contributed by atoms with van der Waals surface area (Å²) in [5, 5.41) is 8.91. The quantitative estimate of drug-likeness (QED) is 0.895. The van der Waals surface area contributed by atoms with E-state index in [4.69, 9.17) is 11.0 Å². The van der Waals surface area contributed by atoms with Crippen molar-refractivity contribution in [3.8, 4) is 6.07 Å². The zero-order valence-electron chi connectivity index (χ0n) is 11.2. The van der Waals surface area contributed by atoms with Crippen LogP contribution < -0.4 is 5.73 Å². The molecule has 4 heteroatoms. The normalized spacial score (nSPS) is 23.8. The highest BCUT2D eigenvalue weighted by Gasteiger charge is 2.28. The molecule has 2 N–H and O–H groups in total. The minimum Gasteiger partial charge on any atom is -0.369 e. The van der Waals surface area contributed by atoms with E-state index in [2.05, 4.69) is 17.9 Å². The largest absolute Gasteiger partial charge is 0.369 e. The van der Waals surface area contributed by atoms with Crippen LogP contribution in [0.3, 0.4) is 0 Å². The third kappa shape index (κ3) is 3.33.